The van der Waals surface area contributed by atoms with E-state index in [1.807, 2.05) is 0 Å². The van der Waals surface area contributed by atoms with E-state index < -0.39 is 17.0 Å². The van der Waals surface area contributed by atoms with E-state index in [1.165, 1.54) is 6.92 Å². The highest BCUT2D eigenvalue weighted by molar-refractivity contribution is 5.69. The van der Waals surface area contributed by atoms with E-state index in [4.69, 9.17) is 0 Å². The lowest BCUT2D eigenvalue weighted by Crippen LogP contribution is -2.18. The summed E-state index contributed by atoms with van der Waals surface area (Å²) in [4.78, 5) is 9.78. The van der Waals surface area contributed by atoms with Gasteiger partial charge in [-0.2, -0.15) is 0 Å². The van der Waals surface area contributed by atoms with Gasteiger partial charge in [0.05, 0.1) is 4.92 Å². The van der Waals surface area contributed by atoms with Crippen LogP contribution < -0.4 is 4.74 Å². The summed E-state index contributed by atoms with van der Waals surface area (Å²) in [5.74, 6) is -0.504. The van der Waals surface area contributed by atoms with Crippen molar-refractivity contribution in [1.82, 2.24) is 0 Å². The monoisotopic (exact) mass is 247 g/mol. The summed E-state index contributed by atoms with van der Waals surface area (Å²) >= 11 is 0. The molecule has 0 aliphatic rings. The number of rotatable bonds is 3. The van der Waals surface area contributed by atoms with Crippen LogP contribution in [0.1, 0.15) is 12.5 Å². The van der Waals surface area contributed by atoms with Crippen molar-refractivity contribution in [2.24, 2.45) is 0 Å². The van der Waals surface area contributed by atoms with Gasteiger partial charge in [-0.15, -0.1) is 13.2 Å². The molecule has 0 saturated heterocycles. The fourth-order valence-electron chi connectivity index (χ4n) is 1.18. The normalized spacial score (nSPS) is 11.1. The second-order valence-electron chi connectivity index (χ2n) is 3.27. The lowest BCUT2D eigenvalue weighted by molar-refractivity contribution is -0.385. The van der Waals surface area contributed by atoms with Crippen LogP contribution in [-0.4, -0.2) is 11.3 Å². The zero-order chi connectivity index (χ0) is 13.2. The van der Waals surface area contributed by atoms with Gasteiger partial charge in [-0.3, -0.25) is 10.1 Å². The maximum atomic E-state index is 12.1. The SMILES string of the molecule is C=C(C)c1cc([N+](=O)[O-])ccc1OC(F)(F)F. The second kappa shape index (κ2) is 4.44. The minimum Gasteiger partial charge on any atom is -0.405 e. The van der Waals surface area contributed by atoms with Gasteiger partial charge in [-0.05, 0) is 18.6 Å². The van der Waals surface area contributed by atoms with Crippen LogP contribution in [-0.2, 0) is 0 Å². The fraction of sp³-hybridized carbons (Fsp3) is 0.200. The average Bonchev–Trinajstić information content (AvgIpc) is 2.14. The Bertz CT molecular complexity index is 468. The fourth-order valence-corrected chi connectivity index (χ4v) is 1.18. The molecule has 0 fully saturated rings. The van der Waals surface area contributed by atoms with E-state index in [0.717, 1.165) is 18.2 Å². The molecular weight excluding hydrogens is 239 g/mol. The number of allylic oxidation sites excluding steroid dienone is 1. The molecular formula is C10H8F3NO3. The van der Waals surface area contributed by atoms with E-state index in [0.29, 0.717) is 0 Å². The number of alkyl halides is 3. The first-order valence-electron chi connectivity index (χ1n) is 4.41. The molecule has 4 nitrogen and oxygen atoms in total. The standard InChI is InChI=1S/C10H8F3NO3/c1-6(2)8-5-7(14(15)16)3-4-9(8)17-10(11,12)13/h3-5H,1H2,2H3. The van der Waals surface area contributed by atoms with Crippen LogP contribution in [0.3, 0.4) is 0 Å². The summed E-state index contributed by atoms with van der Waals surface area (Å²) in [5.41, 5.74) is -0.123. The molecule has 1 aromatic carbocycles. The Kier molecular flexibility index (Phi) is 3.40. The molecule has 7 heteroatoms. The highest BCUT2D eigenvalue weighted by Gasteiger charge is 2.32. The Labute approximate surface area is 94.5 Å². The Morgan fingerprint density at radius 1 is 1.47 bits per heavy atom. The molecule has 0 unspecified atom stereocenters. The van der Waals surface area contributed by atoms with E-state index >= 15 is 0 Å². The third-order valence-corrected chi connectivity index (χ3v) is 1.86. The minimum atomic E-state index is -4.85. The third-order valence-electron chi connectivity index (χ3n) is 1.86. The summed E-state index contributed by atoms with van der Waals surface area (Å²) in [6.45, 7) is 4.88. The molecule has 0 N–H and O–H groups in total. The van der Waals surface area contributed by atoms with Crippen LogP contribution in [0.5, 0.6) is 5.75 Å². The predicted molar refractivity (Wildman–Crippen MR) is 54.5 cm³/mol. The quantitative estimate of drug-likeness (QED) is 0.606. The first-order chi connectivity index (χ1) is 7.70. The number of non-ortho nitro benzene ring substituents is 1. The molecule has 0 aliphatic heterocycles. The van der Waals surface area contributed by atoms with Crippen LogP contribution >= 0.6 is 0 Å². The largest absolute Gasteiger partial charge is 0.573 e. The van der Waals surface area contributed by atoms with Crippen molar-refractivity contribution in [2.75, 3.05) is 0 Å². The number of nitrogens with zero attached hydrogens (tertiary/aromatic N) is 1. The van der Waals surface area contributed by atoms with Crippen LogP contribution in [0.25, 0.3) is 5.57 Å². The Morgan fingerprint density at radius 3 is 2.47 bits per heavy atom. The highest BCUT2D eigenvalue weighted by Crippen LogP contribution is 2.32. The van der Waals surface area contributed by atoms with Crippen LogP contribution in [0.4, 0.5) is 18.9 Å². The number of halogens is 3. The molecule has 0 radical (unpaired) electrons. The Balaban J connectivity index is 3.23. The molecule has 0 aromatic heterocycles. The number of ether oxygens (including phenoxy) is 1. The summed E-state index contributed by atoms with van der Waals surface area (Å²) in [7, 11) is 0. The summed E-state index contributed by atoms with van der Waals surface area (Å²) in [6, 6.07) is 2.83. The molecule has 0 bridgehead atoms. The topological polar surface area (TPSA) is 52.4 Å². The van der Waals surface area contributed by atoms with Gasteiger partial charge in [0.15, 0.2) is 0 Å². The van der Waals surface area contributed by atoms with Gasteiger partial charge in [0.1, 0.15) is 5.75 Å². The van der Waals surface area contributed by atoms with Crippen LogP contribution in [0.2, 0.25) is 0 Å². The van der Waals surface area contributed by atoms with Crippen molar-refractivity contribution in [2.45, 2.75) is 13.3 Å². The average molecular weight is 247 g/mol. The maximum absolute atomic E-state index is 12.1. The number of benzene rings is 1. The number of nitro benzene ring substituents is 1. The smallest absolute Gasteiger partial charge is 0.405 e. The van der Waals surface area contributed by atoms with Crippen molar-refractivity contribution >= 4 is 11.3 Å². The van der Waals surface area contributed by atoms with E-state index in [1.54, 1.807) is 0 Å². The molecule has 0 saturated carbocycles. The van der Waals surface area contributed by atoms with Gasteiger partial charge in [-0.25, -0.2) is 0 Å². The second-order valence-corrected chi connectivity index (χ2v) is 3.27. The molecule has 0 aliphatic carbocycles. The van der Waals surface area contributed by atoms with Crippen LogP contribution in [0, 0.1) is 10.1 Å². The van der Waals surface area contributed by atoms with Crippen molar-refractivity contribution in [3.63, 3.8) is 0 Å². The predicted octanol–water partition coefficient (Wildman–Crippen LogP) is 3.53. The molecule has 1 rings (SSSR count). The van der Waals surface area contributed by atoms with Gasteiger partial charge in [0, 0.05) is 17.7 Å². The van der Waals surface area contributed by atoms with E-state index in [-0.39, 0.29) is 16.8 Å². The van der Waals surface area contributed by atoms with Gasteiger partial charge >= 0.3 is 6.36 Å². The number of hydrogen-bond acceptors (Lipinski definition) is 3. The molecule has 0 heterocycles. The van der Waals surface area contributed by atoms with Gasteiger partial charge in [0.2, 0.25) is 0 Å². The maximum Gasteiger partial charge on any atom is 0.573 e. The van der Waals surface area contributed by atoms with E-state index in [2.05, 4.69) is 11.3 Å². The summed E-state index contributed by atoms with van der Waals surface area (Å²) in [5, 5.41) is 10.5. The third kappa shape index (κ3) is 3.47. The summed E-state index contributed by atoms with van der Waals surface area (Å²) in [6.07, 6.45) is -4.85. The van der Waals surface area contributed by atoms with Gasteiger partial charge < -0.3 is 4.74 Å². The number of hydrogen-bond donors (Lipinski definition) is 0. The van der Waals surface area contributed by atoms with Crippen molar-refractivity contribution < 1.29 is 22.8 Å². The number of nitro groups is 1. The molecule has 0 spiro atoms. The molecule has 1 aromatic rings. The van der Waals surface area contributed by atoms with Crippen molar-refractivity contribution in [1.29, 1.82) is 0 Å². The van der Waals surface area contributed by atoms with Crippen LogP contribution in [0.15, 0.2) is 24.8 Å². The zero-order valence-electron chi connectivity index (χ0n) is 8.75. The molecule has 0 amide bonds. The molecule has 0 atom stereocenters. The van der Waals surface area contributed by atoms with Gasteiger partial charge in [0.25, 0.3) is 5.69 Å². The minimum absolute atomic E-state index is 0.0449. The zero-order valence-corrected chi connectivity index (χ0v) is 8.75. The Hall–Kier alpha value is -2.05. The lowest BCUT2D eigenvalue weighted by atomic mass is 10.1. The van der Waals surface area contributed by atoms with Crippen molar-refractivity contribution in [3.05, 3.63) is 40.5 Å². The lowest BCUT2D eigenvalue weighted by Gasteiger charge is -2.12. The molecule has 92 valence electrons. The van der Waals surface area contributed by atoms with Gasteiger partial charge in [-0.1, -0.05) is 6.58 Å². The van der Waals surface area contributed by atoms with Crippen molar-refractivity contribution in [3.8, 4) is 5.75 Å². The first kappa shape index (κ1) is 13.0. The summed E-state index contributed by atoms with van der Waals surface area (Å²) < 4.78 is 39.9. The highest BCUT2D eigenvalue weighted by atomic mass is 19.4. The molecule has 17 heavy (non-hydrogen) atoms. The Morgan fingerprint density at radius 2 is 2.06 bits per heavy atom. The first-order valence-corrected chi connectivity index (χ1v) is 4.41. The van der Waals surface area contributed by atoms with E-state index in [9.17, 15) is 23.3 Å².